The summed E-state index contributed by atoms with van der Waals surface area (Å²) in [6, 6.07) is 8.05. The molecule has 1 aromatic heterocycles. The van der Waals surface area contributed by atoms with Gasteiger partial charge in [0, 0.05) is 12.2 Å². The van der Waals surface area contributed by atoms with Crippen molar-refractivity contribution in [3.63, 3.8) is 0 Å². The lowest BCUT2D eigenvalue weighted by Gasteiger charge is -2.16. The van der Waals surface area contributed by atoms with Gasteiger partial charge in [-0.05, 0) is 25.5 Å². The van der Waals surface area contributed by atoms with Crippen LogP contribution in [0.2, 0.25) is 0 Å². The van der Waals surface area contributed by atoms with Crippen molar-refractivity contribution >= 4 is 0 Å². The average molecular weight is 189 g/mol. The molecule has 14 heavy (non-hydrogen) atoms. The van der Waals surface area contributed by atoms with Crippen molar-refractivity contribution in [2.24, 2.45) is 0 Å². The predicted molar refractivity (Wildman–Crippen MR) is 55.5 cm³/mol. The van der Waals surface area contributed by atoms with E-state index in [1.165, 1.54) is 0 Å². The first kappa shape index (κ1) is 10.7. The third-order valence-electron chi connectivity index (χ3n) is 2.15. The van der Waals surface area contributed by atoms with Gasteiger partial charge in [-0.15, -0.1) is 0 Å². The molecule has 0 spiro atoms. The molecule has 1 N–H and O–H groups in total. The lowest BCUT2D eigenvalue weighted by Crippen LogP contribution is -2.29. The lowest BCUT2D eigenvalue weighted by atomic mass is 10.1. The van der Waals surface area contributed by atoms with Crippen LogP contribution in [-0.2, 0) is 0 Å². The Bertz CT molecular complexity index is 302. The topological polar surface area (TPSA) is 48.7 Å². The second-order valence-electron chi connectivity index (χ2n) is 3.23. The minimum atomic E-state index is -0.0907. The Balaban J connectivity index is 2.59. The van der Waals surface area contributed by atoms with Crippen LogP contribution in [0.5, 0.6) is 0 Å². The zero-order chi connectivity index (χ0) is 10.4. The van der Waals surface area contributed by atoms with Crippen molar-refractivity contribution in [1.29, 1.82) is 5.26 Å². The summed E-state index contributed by atoms with van der Waals surface area (Å²) in [4.78, 5) is 4.23. The molecule has 0 fully saturated rings. The van der Waals surface area contributed by atoms with Gasteiger partial charge < -0.3 is 0 Å². The molecule has 1 aromatic rings. The molecular weight excluding hydrogens is 174 g/mol. The summed E-state index contributed by atoms with van der Waals surface area (Å²) in [5, 5.41) is 12.0. The molecule has 74 valence electrons. The Morgan fingerprint density at radius 3 is 2.86 bits per heavy atom. The highest BCUT2D eigenvalue weighted by atomic mass is 15.0. The first-order chi connectivity index (χ1) is 6.77. The average Bonchev–Trinajstić information content (AvgIpc) is 2.26. The van der Waals surface area contributed by atoms with Gasteiger partial charge >= 0.3 is 0 Å². The lowest BCUT2D eigenvalue weighted by molar-refractivity contribution is 0.500. The number of hydrogen-bond acceptors (Lipinski definition) is 3. The SMILES string of the molecule is CCC(C#N)NC(C)c1ccccn1. The van der Waals surface area contributed by atoms with Gasteiger partial charge in [-0.25, -0.2) is 0 Å². The highest BCUT2D eigenvalue weighted by Gasteiger charge is 2.10. The third-order valence-corrected chi connectivity index (χ3v) is 2.15. The van der Waals surface area contributed by atoms with E-state index in [0.29, 0.717) is 0 Å². The molecule has 0 radical (unpaired) electrons. The molecule has 0 aliphatic heterocycles. The van der Waals surface area contributed by atoms with Gasteiger partial charge in [0.15, 0.2) is 0 Å². The number of nitrogens with zero attached hydrogens (tertiary/aromatic N) is 2. The standard InChI is InChI=1S/C11H15N3/c1-3-10(8-12)14-9(2)11-6-4-5-7-13-11/h4-7,9-10,14H,3H2,1-2H3. The van der Waals surface area contributed by atoms with Crippen LogP contribution in [0, 0.1) is 11.3 Å². The van der Waals surface area contributed by atoms with E-state index in [1.54, 1.807) is 6.20 Å². The van der Waals surface area contributed by atoms with Crippen molar-refractivity contribution in [2.45, 2.75) is 32.4 Å². The molecule has 0 aliphatic carbocycles. The fraction of sp³-hybridized carbons (Fsp3) is 0.455. The van der Waals surface area contributed by atoms with Gasteiger partial charge in [0.2, 0.25) is 0 Å². The van der Waals surface area contributed by atoms with Crippen LogP contribution in [0.3, 0.4) is 0 Å². The number of hydrogen-bond donors (Lipinski definition) is 1. The van der Waals surface area contributed by atoms with E-state index in [9.17, 15) is 0 Å². The van der Waals surface area contributed by atoms with Crippen molar-refractivity contribution in [3.05, 3.63) is 30.1 Å². The highest BCUT2D eigenvalue weighted by Crippen LogP contribution is 2.09. The molecule has 0 saturated heterocycles. The fourth-order valence-electron chi connectivity index (χ4n) is 1.27. The van der Waals surface area contributed by atoms with Gasteiger partial charge in [-0.2, -0.15) is 5.26 Å². The maximum absolute atomic E-state index is 8.79. The Hall–Kier alpha value is -1.40. The van der Waals surface area contributed by atoms with Crippen LogP contribution in [0.15, 0.2) is 24.4 Å². The molecule has 2 unspecified atom stereocenters. The van der Waals surface area contributed by atoms with Crippen molar-refractivity contribution in [3.8, 4) is 6.07 Å². The Labute approximate surface area is 84.8 Å². The monoisotopic (exact) mass is 189 g/mol. The number of nitriles is 1. The molecule has 0 amide bonds. The summed E-state index contributed by atoms with van der Waals surface area (Å²) in [5.41, 5.74) is 0.973. The van der Waals surface area contributed by atoms with E-state index in [2.05, 4.69) is 16.4 Å². The largest absolute Gasteiger partial charge is 0.294 e. The summed E-state index contributed by atoms with van der Waals surface area (Å²) in [6.07, 6.45) is 2.58. The minimum absolute atomic E-state index is 0.0907. The quantitative estimate of drug-likeness (QED) is 0.788. The molecule has 0 bridgehead atoms. The number of nitrogens with one attached hydrogen (secondary N) is 1. The van der Waals surface area contributed by atoms with Gasteiger partial charge in [0.25, 0.3) is 0 Å². The summed E-state index contributed by atoms with van der Waals surface area (Å²) < 4.78 is 0. The van der Waals surface area contributed by atoms with Gasteiger partial charge in [0.1, 0.15) is 0 Å². The number of rotatable bonds is 4. The number of aromatic nitrogens is 1. The zero-order valence-corrected chi connectivity index (χ0v) is 8.57. The Kier molecular flexibility index (Phi) is 4.09. The van der Waals surface area contributed by atoms with Crippen LogP contribution in [-0.4, -0.2) is 11.0 Å². The van der Waals surface area contributed by atoms with Crippen molar-refractivity contribution < 1.29 is 0 Å². The van der Waals surface area contributed by atoms with Crippen LogP contribution < -0.4 is 5.32 Å². The van der Waals surface area contributed by atoms with Crippen molar-refractivity contribution in [1.82, 2.24) is 10.3 Å². The van der Waals surface area contributed by atoms with E-state index >= 15 is 0 Å². The summed E-state index contributed by atoms with van der Waals surface area (Å²) >= 11 is 0. The van der Waals surface area contributed by atoms with Crippen LogP contribution >= 0.6 is 0 Å². The predicted octanol–water partition coefficient (Wildman–Crippen LogP) is 2.03. The van der Waals surface area contributed by atoms with E-state index in [-0.39, 0.29) is 12.1 Å². The van der Waals surface area contributed by atoms with Crippen molar-refractivity contribution in [2.75, 3.05) is 0 Å². The second-order valence-corrected chi connectivity index (χ2v) is 3.23. The molecule has 1 heterocycles. The molecule has 0 aromatic carbocycles. The molecular formula is C11H15N3. The molecule has 0 aliphatic rings. The molecule has 0 saturated carbocycles. The summed E-state index contributed by atoms with van der Waals surface area (Å²) in [6.45, 7) is 4.01. The van der Waals surface area contributed by atoms with Crippen LogP contribution in [0.4, 0.5) is 0 Å². The Morgan fingerprint density at radius 1 is 1.57 bits per heavy atom. The molecule has 2 atom stereocenters. The summed E-state index contributed by atoms with van der Waals surface area (Å²) in [7, 11) is 0. The van der Waals surface area contributed by atoms with E-state index in [0.717, 1.165) is 12.1 Å². The zero-order valence-electron chi connectivity index (χ0n) is 8.57. The highest BCUT2D eigenvalue weighted by molar-refractivity contribution is 5.08. The maximum atomic E-state index is 8.79. The van der Waals surface area contributed by atoms with Gasteiger partial charge in [0.05, 0.1) is 17.8 Å². The first-order valence-corrected chi connectivity index (χ1v) is 4.84. The number of pyridine rings is 1. The normalized spacial score (nSPS) is 14.4. The van der Waals surface area contributed by atoms with Gasteiger partial charge in [-0.3, -0.25) is 10.3 Å². The third kappa shape index (κ3) is 2.82. The molecule has 3 nitrogen and oxygen atoms in total. The first-order valence-electron chi connectivity index (χ1n) is 4.84. The molecule has 3 heteroatoms. The van der Waals surface area contributed by atoms with Crippen LogP contribution in [0.25, 0.3) is 0 Å². The fourth-order valence-corrected chi connectivity index (χ4v) is 1.27. The van der Waals surface area contributed by atoms with E-state index in [1.807, 2.05) is 32.0 Å². The maximum Gasteiger partial charge on any atom is 0.0955 e. The summed E-state index contributed by atoms with van der Waals surface area (Å²) in [5.74, 6) is 0. The second kappa shape index (κ2) is 5.36. The minimum Gasteiger partial charge on any atom is -0.294 e. The molecule has 1 rings (SSSR count). The van der Waals surface area contributed by atoms with E-state index in [4.69, 9.17) is 5.26 Å². The van der Waals surface area contributed by atoms with Crippen LogP contribution in [0.1, 0.15) is 32.0 Å². The van der Waals surface area contributed by atoms with E-state index < -0.39 is 0 Å². The Morgan fingerprint density at radius 2 is 2.36 bits per heavy atom. The van der Waals surface area contributed by atoms with Gasteiger partial charge in [-0.1, -0.05) is 13.0 Å². The smallest absolute Gasteiger partial charge is 0.0955 e.